The highest BCUT2D eigenvalue weighted by atomic mass is 32.2. The molecule has 1 fully saturated rings. The molecule has 1 aliphatic heterocycles. The van der Waals surface area contributed by atoms with Gasteiger partial charge in [0.1, 0.15) is 0 Å². The number of hydrogen-bond donors (Lipinski definition) is 2. The fraction of sp³-hybridized carbons (Fsp3) is 0.636. The lowest BCUT2D eigenvalue weighted by Gasteiger charge is -2.30. The summed E-state index contributed by atoms with van der Waals surface area (Å²) in [6.07, 6.45) is 5.97. The standard InChI is InChI=1S/C11H18N4O3S/c1-19(17,18)15-4-2-3-9(8-15)5-12-11(16)10-6-13-14-7-10/h6-7,9H,2-5,8H2,1H3,(H,12,16)(H,13,14)/t9-/m0/s1. The van der Waals surface area contributed by atoms with Crippen LogP contribution in [0.5, 0.6) is 0 Å². The van der Waals surface area contributed by atoms with E-state index in [1.54, 1.807) is 0 Å². The molecule has 0 radical (unpaired) electrons. The van der Waals surface area contributed by atoms with Crippen LogP contribution in [0, 0.1) is 5.92 Å². The monoisotopic (exact) mass is 286 g/mol. The number of nitrogens with one attached hydrogen (secondary N) is 2. The van der Waals surface area contributed by atoms with Crippen molar-refractivity contribution in [3.63, 3.8) is 0 Å². The Bertz CT molecular complexity index is 526. The molecule has 2 N–H and O–H groups in total. The molecular weight excluding hydrogens is 268 g/mol. The lowest BCUT2D eigenvalue weighted by Crippen LogP contribution is -2.43. The number of carbonyl (C=O) groups excluding carboxylic acids is 1. The zero-order chi connectivity index (χ0) is 13.9. The first kappa shape index (κ1) is 14.0. The first-order valence-electron chi connectivity index (χ1n) is 6.19. The molecule has 19 heavy (non-hydrogen) atoms. The third-order valence-electron chi connectivity index (χ3n) is 3.26. The summed E-state index contributed by atoms with van der Waals surface area (Å²) in [4.78, 5) is 11.7. The van der Waals surface area contributed by atoms with Crippen molar-refractivity contribution in [3.8, 4) is 0 Å². The highest BCUT2D eigenvalue weighted by molar-refractivity contribution is 7.88. The minimum absolute atomic E-state index is 0.166. The second-order valence-electron chi connectivity index (χ2n) is 4.83. The molecule has 0 spiro atoms. The molecule has 2 rings (SSSR count). The third-order valence-corrected chi connectivity index (χ3v) is 4.53. The zero-order valence-electron chi connectivity index (χ0n) is 10.8. The Morgan fingerprint density at radius 1 is 1.63 bits per heavy atom. The molecule has 1 aliphatic rings. The Labute approximate surface area is 112 Å². The molecule has 7 nitrogen and oxygen atoms in total. The Balaban J connectivity index is 1.85. The zero-order valence-corrected chi connectivity index (χ0v) is 11.6. The van der Waals surface area contributed by atoms with Crippen molar-refractivity contribution in [1.82, 2.24) is 19.8 Å². The summed E-state index contributed by atoms with van der Waals surface area (Å²) in [5.74, 6) is -0.0236. The predicted octanol–water partition coefficient (Wildman–Crippen LogP) is -0.189. The number of carbonyl (C=O) groups is 1. The van der Waals surface area contributed by atoms with E-state index in [9.17, 15) is 13.2 Å². The van der Waals surface area contributed by atoms with E-state index in [0.29, 0.717) is 25.2 Å². The summed E-state index contributed by atoms with van der Waals surface area (Å²) in [6.45, 7) is 1.53. The summed E-state index contributed by atoms with van der Waals surface area (Å²) < 4.78 is 24.4. The van der Waals surface area contributed by atoms with Gasteiger partial charge in [-0.05, 0) is 18.8 Å². The molecule has 2 heterocycles. The van der Waals surface area contributed by atoms with Gasteiger partial charge in [-0.1, -0.05) is 0 Å². The van der Waals surface area contributed by atoms with Crippen molar-refractivity contribution >= 4 is 15.9 Å². The maximum Gasteiger partial charge on any atom is 0.254 e. The van der Waals surface area contributed by atoms with Crippen LogP contribution in [0.25, 0.3) is 0 Å². The first-order valence-corrected chi connectivity index (χ1v) is 8.04. The average Bonchev–Trinajstić information content (AvgIpc) is 2.89. The van der Waals surface area contributed by atoms with Gasteiger partial charge in [-0.15, -0.1) is 0 Å². The quantitative estimate of drug-likeness (QED) is 0.802. The van der Waals surface area contributed by atoms with Crippen molar-refractivity contribution in [3.05, 3.63) is 18.0 Å². The van der Waals surface area contributed by atoms with E-state index >= 15 is 0 Å². The van der Waals surface area contributed by atoms with Crippen LogP contribution in [-0.4, -0.2) is 54.7 Å². The topological polar surface area (TPSA) is 95.2 Å². The number of nitrogens with zero attached hydrogens (tertiary/aromatic N) is 2. The highest BCUT2D eigenvalue weighted by Crippen LogP contribution is 2.18. The first-order chi connectivity index (χ1) is 8.97. The van der Waals surface area contributed by atoms with Gasteiger partial charge in [-0.3, -0.25) is 9.89 Å². The maximum atomic E-state index is 11.7. The molecule has 0 aromatic carbocycles. The van der Waals surface area contributed by atoms with Crippen molar-refractivity contribution in [2.24, 2.45) is 5.92 Å². The van der Waals surface area contributed by atoms with Gasteiger partial charge in [-0.25, -0.2) is 12.7 Å². The van der Waals surface area contributed by atoms with Crippen LogP contribution in [-0.2, 0) is 10.0 Å². The van der Waals surface area contributed by atoms with Crippen LogP contribution >= 0.6 is 0 Å². The molecule has 0 unspecified atom stereocenters. The SMILES string of the molecule is CS(=O)(=O)N1CCC[C@@H](CNC(=O)c2cn[nH]c2)C1. The Kier molecular flexibility index (Phi) is 4.20. The van der Waals surface area contributed by atoms with Crippen molar-refractivity contribution in [2.75, 3.05) is 25.9 Å². The average molecular weight is 286 g/mol. The van der Waals surface area contributed by atoms with E-state index < -0.39 is 10.0 Å². The molecule has 1 saturated heterocycles. The minimum Gasteiger partial charge on any atom is -0.352 e. The molecule has 0 saturated carbocycles. The largest absolute Gasteiger partial charge is 0.352 e. The number of hydrogen-bond acceptors (Lipinski definition) is 4. The number of amides is 1. The number of H-pyrrole nitrogens is 1. The third kappa shape index (κ3) is 3.77. The number of sulfonamides is 1. The number of rotatable bonds is 4. The molecule has 1 aromatic rings. The van der Waals surface area contributed by atoms with E-state index in [4.69, 9.17) is 0 Å². The van der Waals surface area contributed by atoms with Gasteiger partial charge in [0.2, 0.25) is 10.0 Å². The minimum atomic E-state index is -3.13. The maximum absolute atomic E-state index is 11.7. The van der Waals surface area contributed by atoms with Gasteiger partial charge in [0.05, 0.1) is 18.0 Å². The van der Waals surface area contributed by atoms with Gasteiger partial charge < -0.3 is 5.32 Å². The fourth-order valence-electron chi connectivity index (χ4n) is 2.21. The van der Waals surface area contributed by atoms with Gasteiger partial charge in [0.25, 0.3) is 5.91 Å². The molecule has 8 heteroatoms. The van der Waals surface area contributed by atoms with E-state index in [0.717, 1.165) is 12.8 Å². The number of piperidine rings is 1. The van der Waals surface area contributed by atoms with Crippen LogP contribution in [0.2, 0.25) is 0 Å². The molecule has 0 bridgehead atoms. The lowest BCUT2D eigenvalue weighted by atomic mass is 10.00. The Morgan fingerprint density at radius 3 is 3.05 bits per heavy atom. The van der Waals surface area contributed by atoms with Gasteiger partial charge in [0, 0.05) is 25.8 Å². The Hall–Kier alpha value is -1.41. The highest BCUT2D eigenvalue weighted by Gasteiger charge is 2.26. The normalized spacial score (nSPS) is 21.2. The Morgan fingerprint density at radius 2 is 2.42 bits per heavy atom. The smallest absolute Gasteiger partial charge is 0.254 e. The van der Waals surface area contributed by atoms with Crippen molar-refractivity contribution in [1.29, 1.82) is 0 Å². The predicted molar refractivity (Wildman–Crippen MR) is 70.1 cm³/mol. The van der Waals surface area contributed by atoms with E-state index in [1.165, 1.54) is 23.0 Å². The fourth-order valence-corrected chi connectivity index (χ4v) is 3.15. The van der Waals surface area contributed by atoms with E-state index in [1.807, 2.05) is 0 Å². The summed E-state index contributed by atoms with van der Waals surface area (Å²) in [6, 6.07) is 0. The summed E-state index contributed by atoms with van der Waals surface area (Å²) in [5, 5.41) is 9.09. The lowest BCUT2D eigenvalue weighted by molar-refractivity contribution is 0.0941. The van der Waals surface area contributed by atoms with Gasteiger partial charge in [-0.2, -0.15) is 5.10 Å². The molecule has 1 aromatic heterocycles. The molecule has 0 aliphatic carbocycles. The van der Waals surface area contributed by atoms with Crippen LogP contribution in [0.4, 0.5) is 0 Å². The van der Waals surface area contributed by atoms with Crippen LogP contribution in [0.3, 0.4) is 0 Å². The molecular formula is C11H18N4O3S. The summed E-state index contributed by atoms with van der Waals surface area (Å²) in [7, 11) is -3.13. The van der Waals surface area contributed by atoms with Crippen LogP contribution in [0.15, 0.2) is 12.4 Å². The van der Waals surface area contributed by atoms with Gasteiger partial charge in [0.15, 0.2) is 0 Å². The van der Waals surface area contributed by atoms with E-state index in [2.05, 4.69) is 15.5 Å². The number of aromatic amines is 1. The second-order valence-corrected chi connectivity index (χ2v) is 6.81. The van der Waals surface area contributed by atoms with Crippen molar-refractivity contribution in [2.45, 2.75) is 12.8 Å². The number of aromatic nitrogens is 2. The summed E-state index contributed by atoms with van der Waals surface area (Å²) >= 11 is 0. The van der Waals surface area contributed by atoms with Crippen LogP contribution in [0.1, 0.15) is 23.2 Å². The molecule has 1 atom stereocenters. The summed E-state index contributed by atoms with van der Waals surface area (Å²) in [5.41, 5.74) is 0.482. The van der Waals surface area contributed by atoms with Crippen molar-refractivity contribution < 1.29 is 13.2 Å². The van der Waals surface area contributed by atoms with E-state index in [-0.39, 0.29) is 11.8 Å². The van der Waals surface area contributed by atoms with Crippen LogP contribution < -0.4 is 5.32 Å². The van der Waals surface area contributed by atoms with Gasteiger partial charge >= 0.3 is 0 Å². The molecule has 1 amide bonds. The second kappa shape index (κ2) is 5.70. The molecule has 106 valence electrons.